The molecule has 1 heterocycles. The molecule has 2 amide bonds. The summed E-state index contributed by atoms with van der Waals surface area (Å²) in [5.74, 6) is -0.457. The lowest BCUT2D eigenvalue weighted by molar-refractivity contribution is -0.143. The molecule has 1 atom stereocenters. The zero-order valence-electron chi connectivity index (χ0n) is 18.0. The Morgan fingerprint density at radius 2 is 1.83 bits per heavy atom. The number of nitrogens with zero attached hydrogens (tertiary/aromatic N) is 1. The number of esters is 1. The van der Waals surface area contributed by atoms with E-state index in [0.717, 1.165) is 12.0 Å². The maximum Gasteiger partial charge on any atom is 0.411 e. The van der Waals surface area contributed by atoms with Gasteiger partial charge in [-0.05, 0) is 71.6 Å². The second kappa shape index (κ2) is 9.29. The number of hydrogen-bond acceptors (Lipinski definition) is 5. The average molecular weight is 405 g/mol. The number of ether oxygens (including phenoxy) is 2. The summed E-state index contributed by atoms with van der Waals surface area (Å²) in [5.41, 5.74) is 0.0621. The Morgan fingerprint density at radius 1 is 1.17 bits per heavy atom. The van der Waals surface area contributed by atoms with Crippen molar-refractivity contribution < 1.29 is 23.9 Å². The van der Waals surface area contributed by atoms with Gasteiger partial charge in [0.1, 0.15) is 11.1 Å². The minimum Gasteiger partial charge on any atom is -0.466 e. The predicted molar refractivity (Wildman–Crippen MR) is 111 cm³/mol. The summed E-state index contributed by atoms with van der Waals surface area (Å²) in [5, 5.41) is 2.90. The van der Waals surface area contributed by atoms with E-state index in [9.17, 15) is 14.4 Å². The van der Waals surface area contributed by atoms with Crippen molar-refractivity contribution in [1.82, 2.24) is 4.90 Å². The van der Waals surface area contributed by atoms with Crippen molar-refractivity contribution in [3.63, 3.8) is 0 Å². The van der Waals surface area contributed by atoms with E-state index in [1.165, 1.54) is 4.90 Å². The molecule has 7 nitrogen and oxygen atoms in total. The molecule has 1 aliphatic heterocycles. The van der Waals surface area contributed by atoms with E-state index < -0.39 is 17.2 Å². The van der Waals surface area contributed by atoms with E-state index in [0.29, 0.717) is 38.1 Å². The number of nitrogens with one attached hydrogen (secondary N) is 1. The average Bonchev–Trinajstić information content (AvgIpc) is 3.03. The molecule has 7 heteroatoms. The van der Waals surface area contributed by atoms with Crippen molar-refractivity contribution in [2.75, 3.05) is 18.5 Å². The zero-order chi connectivity index (χ0) is 21.7. The molecular weight excluding hydrogens is 372 g/mol. The molecule has 1 N–H and O–H groups in total. The second-order valence-corrected chi connectivity index (χ2v) is 8.47. The molecule has 1 aromatic carbocycles. The number of benzene rings is 1. The zero-order valence-corrected chi connectivity index (χ0v) is 18.0. The number of likely N-dealkylation sites (tertiary alicyclic amines) is 1. The van der Waals surface area contributed by atoms with Gasteiger partial charge in [-0.3, -0.25) is 14.5 Å². The largest absolute Gasteiger partial charge is 0.466 e. The van der Waals surface area contributed by atoms with Crippen LogP contribution in [0.15, 0.2) is 24.3 Å². The van der Waals surface area contributed by atoms with Gasteiger partial charge in [-0.25, -0.2) is 4.79 Å². The van der Waals surface area contributed by atoms with Crippen LogP contribution >= 0.6 is 0 Å². The third kappa shape index (κ3) is 6.21. The van der Waals surface area contributed by atoms with E-state index in [-0.39, 0.29) is 11.9 Å². The van der Waals surface area contributed by atoms with Crippen molar-refractivity contribution in [3.05, 3.63) is 29.8 Å². The third-order valence-electron chi connectivity index (χ3n) is 4.88. The van der Waals surface area contributed by atoms with E-state index in [2.05, 4.69) is 5.32 Å². The molecule has 0 radical (unpaired) electrons. The van der Waals surface area contributed by atoms with Gasteiger partial charge >= 0.3 is 12.1 Å². The summed E-state index contributed by atoms with van der Waals surface area (Å²) in [6, 6.07) is 7.35. The highest BCUT2D eigenvalue weighted by Gasteiger charge is 2.47. The topological polar surface area (TPSA) is 84.9 Å². The molecule has 2 rings (SSSR count). The molecule has 29 heavy (non-hydrogen) atoms. The maximum absolute atomic E-state index is 13.0. The quantitative estimate of drug-likeness (QED) is 0.727. The van der Waals surface area contributed by atoms with Crippen molar-refractivity contribution >= 4 is 23.7 Å². The Hall–Kier alpha value is -2.57. The van der Waals surface area contributed by atoms with E-state index in [1.54, 1.807) is 26.0 Å². The summed E-state index contributed by atoms with van der Waals surface area (Å²) >= 11 is 0. The fourth-order valence-corrected chi connectivity index (χ4v) is 3.31. The second-order valence-electron chi connectivity index (χ2n) is 8.47. The van der Waals surface area contributed by atoms with Crippen LogP contribution in [0.3, 0.4) is 0 Å². The van der Waals surface area contributed by atoms with Gasteiger partial charge in [0.05, 0.1) is 6.61 Å². The third-order valence-corrected chi connectivity index (χ3v) is 4.88. The van der Waals surface area contributed by atoms with Crippen molar-refractivity contribution in [2.45, 2.75) is 71.4 Å². The number of rotatable bonds is 6. The van der Waals surface area contributed by atoms with E-state index in [1.807, 2.05) is 32.9 Å². The Bertz CT molecular complexity index is 739. The van der Waals surface area contributed by atoms with Gasteiger partial charge in [-0.15, -0.1) is 0 Å². The summed E-state index contributed by atoms with van der Waals surface area (Å²) in [7, 11) is 0. The predicted octanol–water partition coefficient (Wildman–Crippen LogP) is 3.91. The van der Waals surface area contributed by atoms with Crippen LogP contribution in [-0.2, 0) is 25.5 Å². The fraction of sp³-hybridized carbons (Fsp3) is 0.591. The van der Waals surface area contributed by atoms with Gasteiger partial charge in [0.2, 0.25) is 5.91 Å². The summed E-state index contributed by atoms with van der Waals surface area (Å²) in [4.78, 5) is 38.5. The fourth-order valence-electron chi connectivity index (χ4n) is 3.31. The highest BCUT2D eigenvalue weighted by Crippen LogP contribution is 2.32. The first-order valence-corrected chi connectivity index (χ1v) is 10.1. The molecule has 0 saturated carbocycles. The Kier molecular flexibility index (Phi) is 7.27. The minimum atomic E-state index is -0.953. The number of hydrogen-bond donors (Lipinski definition) is 1. The number of aryl methyl sites for hydroxylation is 1. The molecule has 160 valence electrons. The Labute approximate surface area is 172 Å². The van der Waals surface area contributed by atoms with Crippen LogP contribution in [0, 0.1) is 0 Å². The lowest BCUT2D eigenvalue weighted by Crippen LogP contribution is -2.54. The monoisotopic (exact) mass is 404 g/mol. The molecule has 0 spiro atoms. The molecule has 0 aliphatic carbocycles. The lowest BCUT2D eigenvalue weighted by atomic mass is 9.97. The highest BCUT2D eigenvalue weighted by molar-refractivity contribution is 6.00. The van der Waals surface area contributed by atoms with Crippen LogP contribution in [-0.4, -0.2) is 47.2 Å². The van der Waals surface area contributed by atoms with Crippen LogP contribution < -0.4 is 5.32 Å². The number of anilines is 1. The normalized spacial score (nSPS) is 19.0. The van der Waals surface area contributed by atoms with Crippen LogP contribution in [0.2, 0.25) is 0 Å². The first-order valence-electron chi connectivity index (χ1n) is 10.1. The van der Waals surface area contributed by atoms with Crippen LogP contribution in [0.5, 0.6) is 0 Å². The molecule has 1 saturated heterocycles. The van der Waals surface area contributed by atoms with Gasteiger partial charge in [-0.1, -0.05) is 12.1 Å². The molecule has 0 bridgehead atoms. The first kappa shape index (κ1) is 22.7. The van der Waals surface area contributed by atoms with Crippen LogP contribution in [0.25, 0.3) is 0 Å². The van der Waals surface area contributed by atoms with Crippen molar-refractivity contribution in [1.29, 1.82) is 0 Å². The number of carbonyl (C=O) groups is 3. The van der Waals surface area contributed by atoms with Crippen LogP contribution in [0.4, 0.5) is 10.5 Å². The summed E-state index contributed by atoms with van der Waals surface area (Å²) < 4.78 is 10.4. The van der Waals surface area contributed by atoms with Gasteiger partial charge in [0.15, 0.2) is 0 Å². The SMILES string of the molecule is CCOC(=O)CCc1ccc(NC(=O)[C@]2(C)CCCN2C(=O)OC(C)(C)C)cc1. The summed E-state index contributed by atoms with van der Waals surface area (Å²) in [6.45, 7) is 9.84. The first-order chi connectivity index (χ1) is 13.5. The Balaban J connectivity index is 1.99. The molecule has 1 fully saturated rings. The van der Waals surface area contributed by atoms with Gasteiger partial charge in [0.25, 0.3) is 0 Å². The van der Waals surface area contributed by atoms with Crippen molar-refractivity contribution in [3.8, 4) is 0 Å². The van der Waals surface area contributed by atoms with Crippen LogP contribution in [0.1, 0.15) is 59.4 Å². The Morgan fingerprint density at radius 3 is 2.41 bits per heavy atom. The molecule has 0 aromatic heterocycles. The summed E-state index contributed by atoms with van der Waals surface area (Å²) in [6.07, 6.45) is 1.76. The van der Waals surface area contributed by atoms with Crippen molar-refractivity contribution in [2.24, 2.45) is 0 Å². The molecule has 1 aromatic rings. The van der Waals surface area contributed by atoms with Gasteiger partial charge in [-0.2, -0.15) is 0 Å². The van der Waals surface area contributed by atoms with Gasteiger partial charge in [0, 0.05) is 18.7 Å². The number of carbonyl (C=O) groups excluding carboxylic acids is 3. The van der Waals surface area contributed by atoms with E-state index in [4.69, 9.17) is 9.47 Å². The standard InChI is InChI=1S/C22H32N2O5/c1-6-28-18(25)13-10-16-8-11-17(12-9-16)23-19(26)22(5)14-7-15-24(22)20(27)29-21(2,3)4/h8-9,11-12H,6-7,10,13-15H2,1-5H3,(H,23,26)/t22-/m0/s1. The van der Waals surface area contributed by atoms with Gasteiger partial charge < -0.3 is 14.8 Å². The molecular formula is C22H32N2O5. The number of amides is 2. The lowest BCUT2D eigenvalue weighted by Gasteiger charge is -2.35. The maximum atomic E-state index is 13.0. The smallest absolute Gasteiger partial charge is 0.411 e. The van der Waals surface area contributed by atoms with E-state index >= 15 is 0 Å². The molecule has 1 aliphatic rings. The minimum absolute atomic E-state index is 0.221. The highest BCUT2D eigenvalue weighted by atomic mass is 16.6. The molecule has 0 unspecified atom stereocenters.